The van der Waals surface area contributed by atoms with Crippen molar-refractivity contribution in [3.8, 4) is 5.75 Å². The summed E-state index contributed by atoms with van der Waals surface area (Å²) in [5.74, 6) is -3.78. The first-order valence-electron chi connectivity index (χ1n) is 11.1. The molecule has 0 spiro atoms. The number of rotatable bonds is 12. The summed E-state index contributed by atoms with van der Waals surface area (Å²) in [5.41, 5.74) is -0.893. The number of H-pyrrole nitrogens is 1. The van der Waals surface area contributed by atoms with Crippen LogP contribution in [0.1, 0.15) is 38.5 Å². The van der Waals surface area contributed by atoms with Gasteiger partial charge >= 0.3 is 0 Å². The van der Waals surface area contributed by atoms with Gasteiger partial charge in [0.05, 0.1) is 24.5 Å². The number of hydrogen-bond acceptors (Lipinski definition) is 7. The summed E-state index contributed by atoms with van der Waals surface area (Å²) in [6.07, 6.45) is 2.37. The van der Waals surface area contributed by atoms with Crippen LogP contribution in [-0.4, -0.2) is 58.6 Å². The maximum Gasteiger partial charge on any atom is 0.275 e. The van der Waals surface area contributed by atoms with Crippen molar-refractivity contribution in [2.24, 2.45) is 0 Å². The molecule has 0 aliphatic heterocycles. The van der Waals surface area contributed by atoms with E-state index in [0.29, 0.717) is 12.6 Å². The molecular formula is C25H26F2N4O5. The molecule has 1 amide bonds. The number of aromatic hydroxyl groups is 1. The van der Waals surface area contributed by atoms with Gasteiger partial charge < -0.3 is 19.7 Å². The average Bonchev–Trinajstić information content (AvgIpc) is 2.87. The highest BCUT2D eigenvalue weighted by molar-refractivity contribution is 5.99. The number of hydrogen-bond donors (Lipinski definition) is 3. The molecular weight excluding hydrogens is 474 g/mol. The van der Waals surface area contributed by atoms with Gasteiger partial charge in [-0.25, -0.2) is 8.78 Å². The number of Topliss-reactive ketones (excluding diaryl/α,β-unsaturated/α-hetero) is 1. The minimum atomic E-state index is -1.02. The maximum absolute atomic E-state index is 13.8. The van der Waals surface area contributed by atoms with Crippen LogP contribution in [0.25, 0.3) is 0 Å². The van der Waals surface area contributed by atoms with E-state index in [-0.39, 0.29) is 49.5 Å². The number of aromatic amines is 1. The van der Waals surface area contributed by atoms with Gasteiger partial charge in [-0.15, -0.1) is 0 Å². The summed E-state index contributed by atoms with van der Waals surface area (Å²) in [6.45, 7) is 0.820. The SMILES string of the molecule is COCCN(CNCc1ccccn1)C(=O)c1[nH]cc(C(=O)CCc2ccc(F)cc2F)c(=O)c1O. The fourth-order valence-electron chi connectivity index (χ4n) is 3.43. The van der Waals surface area contributed by atoms with Gasteiger partial charge in [-0.05, 0) is 30.2 Å². The molecule has 3 N–H and O–H groups in total. The van der Waals surface area contributed by atoms with Gasteiger partial charge in [0.1, 0.15) is 11.6 Å². The van der Waals surface area contributed by atoms with Gasteiger partial charge in [0, 0.05) is 45.1 Å². The number of halogens is 2. The lowest BCUT2D eigenvalue weighted by molar-refractivity contribution is 0.0668. The van der Waals surface area contributed by atoms with Crippen molar-refractivity contribution in [1.82, 2.24) is 20.2 Å². The largest absolute Gasteiger partial charge is 0.503 e. The highest BCUT2D eigenvalue weighted by Gasteiger charge is 2.24. The van der Waals surface area contributed by atoms with Gasteiger partial charge in [-0.2, -0.15) is 0 Å². The number of aromatic nitrogens is 2. The number of carbonyl (C=O) groups excluding carboxylic acids is 2. The molecule has 11 heteroatoms. The molecule has 0 aliphatic carbocycles. The van der Waals surface area contributed by atoms with Crippen molar-refractivity contribution in [3.63, 3.8) is 0 Å². The molecule has 0 aliphatic rings. The number of amides is 1. The Balaban J connectivity index is 1.71. The molecule has 0 atom stereocenters. The Kier molecular flexibility index (Phi) is 9.37. The second-order valence-corrected chi connectivity index (χ2v) is 7.88. The standard InChI is InChI=1S/C25H26F2N4O5/c1-36-11-10-31(15-28-13-18-4-2-3-9-29-18)25(35)22-24(34)23(33)19(14-30-22)21(32)8-6-16-5-7-17(26)12-20(16)27/h2-5,7,9,12,14,28,34H,6,8,10-11,13,15H2,1H3,(H,30,33). The van der Waals surface area contributed by atoms with Gasteiger partial charge in [-0.1, -0.05) is 12.1 Å². The molecule has 3 rings (SSSR count). The van der Waals surface area contributed by atoms with E-state index in [4.69, 9.17) is 4.74 Å². The number of aryl methyl sites for hydroxylation is 1. The van der Waals surface area contributed by atoms with E-state index in [2.05, 4.69) is 15.3 Å². The molecule has 0 saturated carbocycles. The number of nitrogens with zero attached hydrogens (tertiary/aromatic N) is 2. The molecule has 0 fully saturated rings. The third kappa shape index (κ3) is 6.80. The summed E-state index contributed by atoms with van der Waals surface area (Å²) < 4.78 is 31.9. The van der Waals surface area contributed by atoms with E-state index in [1.807, 2.05) is 12.1 Å². The normalized spacial score (nSPS) is 10.9. The number of benzene rings is 1. The van der Waals surface area contributed by atoms with E-state index in [1.54, 1.807) is 12.3 Å². The summed E-state index contributed by atoms with van der Waals surface area (Å²) in [5, 5.41) is 13.5. The molecule has 0 radical (unpaired) electrons. The van der Waals surface area contributed by atoms with Crippen LogP contribution in [-0.2, 0) is 17.7 Å². The van der Waals surface area contributed by atoms with E-state index >= 15 is 0 Å². The van der Waals surface area contributed by atoms with Gasteiger partial charge in [0.25, 0.3) is 5.91 Å². The van der Waals surface area contributed by atoms with Crippen LogP contribution < -0.4 is 10.7 Å². The van der Waals surface area contributed by atoms with Crippen molar-refractivity contribution in [1.29, 1.82) is 0 Å². The molecule has 190 valence electrons. The third-order valence-corrected chi connectivity index (χ3v) is 5.40. The second kappa shape index (κ2) is 12.7. The van der Waals surface area contributed by atoms with Crippen LogP contribution >= 0.6 is 0 Å². The van der Waals surface area contributed by atoms with Crippen LogP contribution in [0, 0.1) is 11.6 Å². The molecule has 2 heterocycles. The van der Waals surface area contributed by atoms with Crippen LogP contribution in [0.4, 0.5) is 8.78 Å². The van der Waals surface area contributed by atoms with E-state index in [1.165, 1.54) is 18.1 Å². The molecule has 36 heavy (non-hydrogen) atoms. The lowest BCUT2D eigenvalue weighted by Gasteiger charge is -2.23. The van der Waals surface area contributed by atoms with Crippen molar-refractivity contribution in [2.75, 3.05) is 26.9 Å². The molecule has 2 aromatic heterocycles. The minimum Gasteiger partial charge on any atom is -0.503 e. The molecule has 3 aromatic rings. The predicted octanol–water partition coefficient (Wildman–Crippen LogP) is 2.41. The zero-order chi connectivity index (χ0) is 26.1. The molecule has 0 saturated heterocycles. The quantitative estimate of drug-likeness (QED) is 0.258. The Labute approximate surface area is 205 Å². The van der Waals surface area contributed by atoms with Gasteiger partial charge in [0.15, 0.2) is 17.2 Å². The number of ketones is 1. The van der Waals surface area contributed by atoms with Gasteiger partial charge in [0.2, 0.25) is 5.43 Å². The fraction of sp³-hybridized carbons (Fsp3) is 0.280. The fourth-order valence-corrected chi connectivity index (χ4v) is 3.43. The Morgan fingerprint density at radius 3 is 2.72 bits per heavy atom. The van der Waals surface area contributed by atoms with Crippen LogP contribution in [0.3, 0.4) is 0 Å². The highest BCUT2D eigenvalue weighted by atomic mass is 19.1. The highest BCUT2D eigenvalue weighted by Crippen LogP contribution is 2.16. The maximum atomic E-state index is 13.8. The summed E-state index contributed by atoms with van der Waals surface area (Å²) in [4.78, 5) is 46.3. The van der Waals surface area contributed by atoms with Crippen molar-refractivity contribution in [3.05, 3.63) is 93.2 Å². The molecule has 9 nitrogen and oxygen atoms in total. The van der Waals surface area contributed by atoms with Crippen molar-refractivity contribution >= 4 is 11.7 Å². The second-order valence-electron chi connectivity index (χ2n) is 7.88. The summed E-state index contributed by atoms with van der Waals surface area (Å²) in [6, 6.07) is 8.43. The lowest BCUT2D eigenvalue weighted by Crippen LogP contribution is -2.41. The number of pyridine rings is 2. The average molecular weight is 501 g/mol. The van der Waals surface area contributed by atoms with E-state index in [9.17, 15) is 28.3 Å². The van der Waals surface area contributed by atoms with Crippen LogP contribution in [0.15, 0.2) is 53.6 Å². The first-order valence-corrected chi connectivity index (χ1v) is 11.1. The smallest absolute Gasteiger partial charge is 0.275 e. The van der Waals surface area contributed by atoms with Gasteiger partial charge in [-0.3, -0.25) is 24.7 Å². The molecule has 0 bridgehead atoms. The first-order chi connectivity index (χ1) is 17.3. The van der Waals surface area contributed by atoms with Crippen LogP contribution in [0.5, 0.6) is 5.75 Å². The molecule has 1 aromatic carbocycles. The zero-order valence-corrected chi connectivity index (χ0v) is 19.6. The third-order valence-electron chi connectivity index (χ3n) is 5.40. The molecule has 0 unspecified atom stereocenters. The topological polar surface area (TPSA) is 125 Å². The van der Waals surface area contributed by atoms with E-state index < -0.39 is 34.5 Å². The lowest BCUT2D eigenvalue weighted by atomic mass is 10.0. The first kappa shape index (κ1) is 26.6. The van der Waals surface area contributed by atoms with Crippen molar-refractivity contribution < 1.29 is 28.2 Å². The minimum absolute atomic E-state index is 0.0709. The Hall–Kier alpha value is -3.96. The van der Waals surface area contributed by atoms with E-state index in [0.717, 1.165) is 18.0 Å². The number of nitrogens with one attached hydrogen (secondary N) is 2. The Bertz CT molecular complexity index is 1270. The number of methoxy groups -OCH3 is 1. The zero-order valence-electron chi connectivity index (χ0n) is 19.6. The summed E-state index contributed by atoms with van der Waals surface area (Å²) in [7, 11) is 1.47. The monoisotopic (exact) mass is 500 g/mol. The Morgan fingerprint density at radius 1 is 1.22 bits per heavy atom. The summed E-state index contributed by atoms with van der Waals surface area (Å²) >= 11 is 0. The Morgan fingerprint density at radius 2 is 2.03 bits per heavy atom. The number of carbonyl (C=O) groups is 2. The van der Waals surface area contributed by atoms with Crippen LogP contribution in [0.2, 0.25) is 0 Å². The van der Waals surface area contributed by atoms with Crippen molar-refractivity contribution in [2.45, 2.75) is 19.4 Å². The number of ether oxygens (including phenoxy) is 1. The predicted molar refractivity (Wildman–Crippen MR) is 127 cm³/mol.